The van der Waals surface area contributed by atoms with Crippen LogP contribution in [0.3, 0.4) is 0 Å². The molecule has 2 aromatic heterocycles. The Labute approximate surface area is 162 Å². The fourth-order valence-electron chi connectivity index (χ4n) is 2.81. The van der Waals surface area contributed by atoms with Crippen molar-refractivity contribution in [3.05, 3.63) is 64.6 Å². The molecule has 4 rings (SSSR count). The number of hydrogen-bond acceptors (Lipinski definition) is 6. The second-order valence-corrected chi connectivity index (χ2v) is 8.97. The van der Waals surface area contributed by atoms with Crippen LogP contribution in [0.4, 0.5) is 13.9 Å². The van der Waals surface area contributed by atoms with Crippen LogP contribution in [-0.2, 0) is 23.0 Å². The lowest BCUT2D eigenvalue weighted by Gasteiger charge is -2.25. The highest BCUT2D eigenvalue weighted by Gasteiger charge is 2.32. The number of sulfonamides is 1. The molecule has 28 heavy (non-hydrogen) atoms. The van der Waals surface area contributed by atoms with E-state index in [1.54, 1.807) is 6.07 Å². The molecule has 0 saturated heterocycles. The molecule has 146 valence electrons. The third kappa shape index (κ3) is 3.43. The normalized spacial score (nSPS) is 14.6. The average molecular weight is 425 g/mol. The number of carbonyl (C=O) groups excluding carboxylic acids is 1. The Kier molecular flexibility index (Phi) is 4.73. The van der Waals surface area contributed by atoms with Gasteiger partial charge >= 0.3 is 0 Å². The first kappa shape index (κ1) is 18.7. The van der Waals surface area contributed by atoms with Crippen LogP contribution in [0.25, 0.3) is 0 Å². The molecule has 0 fully saturated rings. The molecule has 7 nitrogen and oxygen atoms in total. The lowest BCUT2D eigenvalue weighted by atomic mass is 10.2. The molecule has 1 N–H and O–H groups in total. The number of thiazole rings is 1. The van der Waals surface area contributed by atoms with Crippen molar-refractivity contribution in [1.82, 2.24) is 9.29 Å². The fraction of sp³-hybridized carbons (Fsp3) is 0.176. The molecular formula is C17H13F2N3O4S2. The second-order valence-electron chi connectivity index (χ2n) is 5.98. The molecule has 0 atom stereocenters. The molecule has 3 aromatic rings. The van der Waals surface area contributed by atoms with E-state index in [9.17, 15) is 22.0 Å². The monoisotopic (exact) mass is 425 g/mol. The number of hydrogen-bond donors (Lipinski definition) is 1. The molecule has 3 heterocycles. The van der Waals surface area contributed by atoms with Crippen LogP contribution in [0.1, 0.15) is 21.1 Å². The molecule has 0 saturated carbocycles. The number of nitrogens with zero attached hydrogens (tertiary/aromatic N) is 2. The van der Waals surface area contributed by atoms with Gasteiger partial charge in [0.25, 0.3) is 5.91 Å². The van der Waals surface area contributed by atoms with Gasteiger partial charge < -0.3 is 4.42 Å². The number of carbonyl (C=O) groups is 1. The van der Waals surface area contributed by atoms with Gasteiger partial charge in [-0.05, 0) is 30.3 Å². The summed E-state index contributed by atoms with van der Waals surface area (Å²) in [4.78, 5) is 16.3. The summed E-state index contributed by atoms with van der Waals surface area (Å²) in [7, 11) is -4.21. The average Bonchev–Trinajstić information content (AvgIpc) is 3.32. The van der Waals surface area contributed by atoms with Crippen molar-refractivity contribution in [2.75, 3.05) is 11.9 Å². The minimum absolute atomic E-state index is 0.0398. The second kappa shape index (κ2) is 7.08. The van der Waals surface area contributed by atoms with E-state index < -0.39 is 32.5 Å². The molecule has 0 radical (unpaired) electrons. The third-order valence-corrected chi connectivity index (χ3v) is 7.03. The first-order valence-electron chi connectivity index (χ1n) is 8.13. The lowest BCUT2D eigenvalue weighted by molar-refractivity contribution is 0.0996. The van der Waals surface area contributed by atoms with Gasteiger partial charge in [0.05, 0.1) is 18.5 Å². The number of halogens is 2. The summed E-state index contributed by atoms with van der Waals surface area (Å²) < 4.78 is 58.9. The number of benzene rings is 1. The molecule has 1 aliphatic rings. The van der Waals surface area contributed by atoms with Crippen molar-refractivity contribution in [3.8, 4) is 0 Å². The quantitative estimate of drug-likeness (QED) is 0.694. The van der Waals surface area contributed by atoms with Gasteiger partial charge in [0.15, 0.2) is 10.9 Å². The van der Waals surface area contributed by atoms with Gasteiger partial charge in [-0.2, -0.15) is 4.31 Å². The van der Waals surface area contributed by atoms with Gasteiger partial charge in [0, 0.05) is 17.8 Å². The number of anilines is 1. The summed E-state index contributed by atoms with van der Waals surface area (Å²) in [6, 6.07) is 5.40. The van der Waals surface area contributed by atoms with Crippen molar-refractivity contribution >= 4 is 32.4 Å². The van der Waals surface area contributed by atoms with E-state index in [4.69, 9.17) is 4.42 Å². The number of amides is 1. The Balaban J connectivity index is 1.56. The predicted molar refractivity (Wildman–Crippen MR) is 96.4 cm³/mol. The van der Waals surface area contributed by atoms with Gasteiger partial charge in [-0.1, -0.05) is 0 Å². The molecule has 0 bridgehead atoms. The zero-order valence-corrected chi connectivity index (χ0v) is 15.8. The molecule has 0 spiro atoms. The van der Waals surface area contributed by atoms with Crippen LogP contribution in [0, 0.1) is 11.6 Å². The predicted octanol–water partition coefficient (Wildman–Crippen LogP) is 3.01. The SMILES string of the molecule is O=C(Nc1nc2c(s1)CN(S(=O)(=O)c1cc(F)ccc1F)CC2)c1ccco1. The summed E-state index contributed by atoms with van der Waals surface area (Å²) >= 11 is 1.12. The summed E-state index contributed by atoms with van der Waals surface area (Å²) in [5, 5.41) is 2.91. The van der Waals surface area contributed by atoms with E-state index in [-0.39, 0.29) is 18.8 Å². The molecule has 11 heteroatoms. The first-order valence-corrected chi connectivity index (χ1v) is 10.4. The van der Waals surface area contributed by atoms with Crippen molar-refractivity contribution in [2.45, 2.75) is 17.9 Å². The maximum atomic E-state index is 14.0. The maximum Gasteiger partial charge on any atom is 0.293 e. The molecule has 0 unspecified atom stereocenters. The van der Waals surface area contributed by atoms with E-state index in [0.717, 1.165) is 27.8 Å². The van der Waals surface area contributed by atoms with Crippen LogP contribution >= 0.6 is 11.3 Å². The minimum atomic E-state index is -4.21. The standard InChI is InChI=1S/C17H13F2N3O4S2/c18-10-3-4-11(19)15(8-10)28(24,25)22-6-5-12-14(9-22)27-17(20-12)21-16(23)13-2-1-7-26-13/h1-4,7-8H,5-6,9H2,(H,20,21,23). The van der Waals surface area contributed by atoms with Crippen molar-refractivity contribution in [2.24, 2.45) is 0 Å². The van der Waals surface area contributed by atoms with Crippen LogP contribution in [0.2, 0.25) is 0 Å². The number of furan rings is 1. The number of nitrogens with one attached hydrogen (secondary N) is 1. The Morgan fingerprint density at radius 1 is 1.29 bits per heavy atom. The first-order chi connectivity index (χ1) is 13.3. The van der Waals surface area contributed by atoms with Crippen LogP contribution in [0.5, 0.6) is 0 Å². The highest BCUT2D eigenvalue weighted by atomic mass is 32.2. The summed E-state index contributed by atoms with van der Waals surface area (Å²) in [5.41, 5.74) is 0.658. The molecule has 1 amide bonds. The molecular weight excluding hydrogens is 412 g/mol. The lowest BCUT2D eigenvalue weighted by Crippen LogP contribution is -2.36. The van der Waals surface area contributed by atoms with E-state index in [1.165, 1.54) is 12.3 Å². The number of rotatable bonds is 4. The molecule has 1 aromatic carbocycles. The van der Waals surface area contributed by atoms with E-state index in [0.29, 0.717) is 28.2 Å². The fourth-order valence-corrected chi connectivity index (χ4v) is 5.40. The zero-order chi connectivity index (χ0) is 19.9. The van der Waals surface area contributed by atoms with Gasteiger partial charge in [0.1, 0.15) is 16.5 Å². The van der Waals surface area contributed by atoms with Gasteiger partial charge in [0.2, 0.25) is 10.0 Å². The topological polar surface area (TPSA) is 92.5 Å². The highest BCUT2D eigenvalue weighted by molar-refractivity contribution is 7.89. The van der Waals surface area contributed by atoms with E-state index in [2.05, 4.69) is 10.3 Å². The zero-order valence-electron chi connectivity index (χ0n) is 14.2. The Morgan fingerprint density at radius 3 is 2.86 bits per heavy atom. The Hall–Kier alpha value is -2.63. The number of fused-ring (bicyclic) bond motifs is 1. The van der Waals surface area contributed by atoms with Gasteiger partial charge in [-0.15, -0.1) is 11.3 Å². The summed E-state index contributed by atoms with van der Waals surface area (Å²) in [6.07, 6.45) is 1.66. The maximum absolute atomic E-state index is 14.0. The van der Waals surface area contributed by atoms with Crippen LogP contribution in [0.15, 0.2) is 45.9 Å². The molecule has 0 aliphatic carbocycles. The number of aromatic nitrogens is 1. The highest BCUT2D eigenvalue weighted by Crippen LogP contribution is 2.32. The van der Waals surface area contributed by atoms with Crippen molar-refractivity contribution in [1.29, 1.82) is 0 Å². The van der Waals surface area contributed by atoms with Crippen LogP contribution < -0.4 is 5.32 Å². The Bertz CT molecular complexity index is 1140. The van der Waals surface area contributed by atoms with E-state index >= 15 is 0 Å². The minimum Gasteiger partial charge on any atom is -0.459 e. The van der Waals surface area contributed by atoms with Crippen LogP contribution in [-0.4, -0.2) is 30.2 Å². The smallest absolute Gasteiger partial charge is 0.293 e. The largest absolute Gasteiger partial charge is 0.459 e. The summed E-state index contributed by atoms with van der Waals surface area (Å²) in [6.45, 7) is 0.0303. The molecule has 1 aliphatic heterocycles. The third-order valence-electron chi connectivity index (χ3n) is 4.17. The Morgan fingerprint density at radius 2 is 2.11 bits per heavy atom. The van der Waals surface area contributed by atoms with E-state index in [1.807, 2.05) is 0 Å². The van der Waals surface area contributed by atoms with Gasteiger partial charge in [-0.3, -0.25) is 10.1 Å². The van der Waals surface area contributed by atoms with Gasteiger partial charge in [-0.25, -0.2) is 22.2 Å². The summed E-state index contributed by atoms with van der Waals surface area (Å²) in [5.74, 6) is -2.19. The van der Waals surface area contributed by atoms with Crippen molar-refractivity contribution < 1.29 is 26.4 Å². The van der Waals surface area contributed by atoms with Crippen molar-refractivity contribution in [3.63, 3.8) is 0 Å².